The number of benzene rings is 1. The molecule has 1 aromatic rings. The van der Waals surface area contributed by atoms with E-state index < -0.39 is 0 Å². The number of nitrogens with one attached hydrogen (secondary N) is 1. The van der Waals surface area contributed by atoms with Crippen LogP contribution in [0.15, 0.2) is 24.3 Å². The molecule has 3 unspecified atom stereocenters. The van der Waals surface area contributed by atoms with Crippen LogP contribution in [-0.2, 0) is 11.2 Å². The molecule has 0 radical (unpaired) electrons. The fourth-order valence-electron chi connectivity index (χ4n) is 2.48. The van der Waals surface area contributed by atoms with Gasteiger partial charge in [0.25, 0.3) is 0 Å². The molecule has 0 aromatic heterocycles. The third-order valence-corrected chi connectivity index (χ3v) is 4.07. The van der Waals surface area contributed by atoms with Crippen LogP contribution in [0.1, 0.15) is 32.8 Å². The molecule has 1 fully saturated rings. The van der Waals surface area contributed by atoms with E-state index in [9.17, 15) is 0 Å². The van der Waals surface area contributed by atoms with Crippen LogP contribution in [0.4, 0.5) is 0 Å². The third-order valence-electron chi connectivity index (χ3n) is 4.07. The van der Waals surface area contributed by atoms with E-state index in [1.807, 2.05) is 12.1 Å². The first-order valence-electron chi connectivity index (χ1n) is 7.06. The van der Waals surface area contributed by atoms with Crippen molar-refractivity contribution in [3.8, 4) is 5.75 Å². The lowest BCUT2D eigenvalue weighted by Gasteiger charge is -2.41. The smallest absolute Gasteiger partial charge is 0.118 e. The van der Waals surface area contributed by atoms with E-state index in [0.29, 0.717) is 6.04 Å². The lowest BCUT2D eigenvalue weighted by atomic mass is 9.93. The van der Waals surface area contributed by atoms with Crippen molar-refractivity contribution in [1.29, 1.82) is 0 Å². The second kappa shape index (κ2) is 5.93. The molecule has 0 amide bonds. The van der Waals surface area contributed by atoms with Crippen LogP contribution >= 0.6 is 0 Å². The fourth-order valence-corrected chi connectivity index (χ4v) is 2.48. The molecule has 1 heterocycles. The first kappa shape index (κ1) is 14.4. The molecule has 0 aliphatic carbocycles. The Morgan fingerprint density at radius 1 is 1.32 bits per heavy atom. The predicted octanol–water partition coefficient (Wildman–Crippen LogP) is 2.78. The highest BCUT2D eigenvalue weighted by molar-refractivity contribution is 5.27. The van der Waals surface area contributed by atoms with E-state index in [-0.39, 0.29) is 11.7 Å². The van der Waals surface area contributed by atoms with Crippen molar-refractivity contribution in [2.24, 2.45) is 0 Å². The molecule has 1 aliphatic rings. The van der Waals surface area contributed by atoms with E-state index in [1.165, 1.54) is 5.56 Å². The van der Waals surface area contributed by atoms with Gasteiger partial charge in [0.15, 0.2) is 0 Å². The molecular weight excluding hydrogens is 238 g/mol. The summed E-state index contributed by atoms with van der Waals surface area (Å²) in [6, 6.07) is 8.73. The van der Waals surface area contributed by atoms with Gasteiger partial charge in [-0.3, -0.25) is 0 Å². The third kappa shape index (κ3) is 3.71. The van der Waals surface area contributed by atoms with Gasteiger partial charge in [-0.25, -0.2) is 0 Å². The van der Waals surface area contributed by atoms with Crippen molar-refractivity contribution in [3.63, 3.8) is 0 Å². The number of aryl methyl sites for hydroxylation is 1. The topological polar surface area (TPSA) is 30.5 Å². The van der Waals surface area contributed by atoms with Gasteiger partial charge >= 0.3 is 0 Å². The molecule has 19 heavy (non-hydrogen) atoms. The van der Waals surface area contributed by atoms with Crippen molar-refractivity contribution >= 4 is 0 Å². The lowest BCUT2D eigenvalue weighted by molar-refractivity contribution is -0.118. The Kier molecular flexibility index (Phi) is 4.48. The molecule has 106 valence electrons. The monoisotopic (exact) mass is 263 g/mol. The maximum absolute atomic E-state index is 6.17. The van der Waals surface area contributed by atoms with E-state index in [2.05, 4.69) is 38.2 Å². The van der Waals surface area contributed by atoms with Crippen molar-refractivity contribution in [1.82, 2.24) is 5.32 Å². The summed E-state index contributed by atoms with van der Waals surface area (Å²) < 4.78 is 11.3. The average molecular weight is 263 g/mol. The van der Waals surface area contributed by atoms with E-state index in [0.717, 1.165) is 25.1 Å². The van der Waals surface area contributed by atoms with E-state index in [1.54, 1.807) is 7.11 Å². The van der Waals surface area contributed by atoms with Gasteiger partial charge in [0, 0.05) is 12.6 Å². The van der Waals surface area contributed by atoms with Gasteiger partial charge in [0.1, 0.15) is 5.75 Å². The van der Waals surface area contributed by atoms with Crippen LogP contribution in [0.25, 0.3) is 0 Å². The van der Waals surface area contributed by atoms with Crippen molar-refractivity contribution in [2.75, 3.05) is 13.7 Å². The zero-order chi connectivity index (χ0) is 13.9. The second-order valence-electron chi connectivity index (χ2n) is 5.79. The van der Waals surface area contributed by atoms with Crippen LogP contribution in [0, 0.1) is 0 Å². The minimum absolute atomic E-state index is 0.0636. The summed E-state index contributed by atoms with van der Waals surface area (Å²) in [5, 5.41) is 3.53. The summed E-state index contributed by atoms with van der Waals surface area (Å²) in [4.78, 5) is 0. The first-order chi connectivity index (χ1) is 9.02. The summed E-state index contributed by atoms with van der Waals surface area (Å²) in [7, 11) is 1.69. The van der Waals surface area contributed by atoms with Gasteiger partial charge in [-0.15, -0.1) is 0 Å². The van der Waals surface area contributed by atoms with Crippen LogP contribution < -0.4 is 10.1 Å². The van der Waals surface area contributed by atoms with Crippen LogP contribution in [0.5, 0.6) is 5.75 Å². The largest absolute Gasteiger partial charge is 0.497 e. The number of hydrogen-bond acceptors (Lipinski definition) is 3. The Morgan fingerprint density at radius 2 is 2.00 bits per heavy atom. The number of morpholine rings is 1. The van der Waals surface area contributed by atoms with E-state index in [4.69, 9.17) is 9.47 Å². The Bertz CT molecular complexity index is 404. The highest BCUT2D eigenvalue weighted by Crippen LogP contribution is 2.25. The standard InChI is InChI=1S/C16H25NO2/c1-12-13(2)19-16(3,11-17-12)10-9-14-5-7-15(18-4)8-6-14/h5-8,12-13,17H,9-11H2,1-4H3. The first-order valence-corrected chi connectivity index (χ1v) is 7.06. The average Bonchev–Trinajstić information content (AvgIpc) is 2.42. The zero-order valence-electron chi connectivity index (χ0n) is 12.4. The highest BCUT2D eigenvalue weighted by Gasteiger charge is 2.33. The molecule has 0 spiro atoms. The van der Waals surface area contributed by atoms with Crippen molar-refractivity contribution in [2.45, 2.75) is 51.4 Å². The molecule has 3 nitrogen and oxygen atoms in total. The van der Waals surface area contributed by atoms with Crippen LogP contribution in [0.2, 0.25) is 0 Å². The van der Waals surface area contributed by atoms with Crippen molar-refractivity contribution < 1.29 is 9.47 Å². The molecular formula is C16H25NO2. The van der Waals surface area contributed by atoms with Gasteiger partial charge in [-0.05, 0) is 51.3 Å². The van der Waals surface area contributed by atoms with Crippen LogP contribution in [-0.4, -0.2) is 31.4 Å². The molecule has 3 atom stereocenters. The summed E-state index contributed by atoms with van der Waals surface area (Å²) in [5.41, 5.74) is 1.27. The maximum Gasteiger partial charge on any atom is 0.118 e. The van der Waals surface area contributed by atoms with Gasteiger partial charge < -0.3 is 14.8 Å². The Labute approximate surface area is 116 Å². The molecule has 1 saturated heterocycles. The SMILES string of the molecule is COc1ccc(CCC2(C)CNC(C)C(C)O2)cc1. The van der Waals surface area contributed by atoms with Gasteiger partial charge in [-0.2, -0.15) is 0 Å². The number of hydrogen-bond donors (Lipinski definition) is 1. The number of methoxy groups -OCH3 is 1. The predicted molar refractivity (Wildman–Crippen MR) is 77.7 cm³/mol. The van der Waals surface area contributed by atoms with Gasteiger partial charge in [0.2, 0.25) is 0 Å². The zero-order valence-corrected chi connectivity index (χ0v) is 12.4. The Balaban J connectivity index is 1.90. The number of ether oxygens (including phenoxy) is 2. The Hall–Kier alpha value is -1.06. The Morgan fingerprint density at radius 3 is 2.58 bits per heavy atom. The lowest BCUT2D eigenvalue weighted by Crippen LogP contribution is -2.56. The fraction of sp³-hybridized carbons (Fsp3) is 0.625. The summed E-state index contributed by atoms with van der Waals surface area (Å²) in [6.45, 7) is 7.44. The molecule has 1 aromatic carbocycles. The second-order valence-corrected chi connectivity index (χ2v) is 5.79. The molecule has 0 saturated carbocycles. The summed E-state index contributed by atoms with van der Waals surface area (Å²) in [5.74, 6) is 0.910. The molecule has 2 rings (SSSR count). The van der Waals surface area contributed by atoms with Gasteiger partial charge in [-0.1, -0.05) is 12.1 Å². The maximum atomic E-state index is 6.17. The summed E-state index contributed by atoms with van der Waals surface area (Å²) in [6.07, 6.45) is 2.33. The minimum Gasteiger partial charge on any atom is -0.497 e. The minimum atomic E-state index is -0.0636. The highest BCUT2D eigenvalue weighted by atomic mass is 16.5. The van der Waals surface area contributed by atoms with E-state index >= 15 is 0 Å². The van der Waals surface area contributed by atoms with Crippen molar-refractivity contribution in [3.05, 3.63) is 29.8 Å². The normalized spacial score (nSPS) is 31.2. The van der Waals surface area contributed by atoms with Gasteiger partial charge in [0.05, 0.1) is 18.8 Å². The summed E-state index contributed by atoms with van der Waals surface area (Å²) >= 11 is 0. The molecule has 0 bridgehead atoms. The molecule has 1 N–H and O–H groups in total. The van der Waals surface area contributed by atoms with Crippen LogP contribution in [0.3, 0.4) is 0 Å². The number of rotatable bonds is 4. The molecule has 1 aliphatic heterocycles. The molecule has 3 heteroatoms. The quantitative estimate of drug-likeness (QED) is 0.906.